The van der Waals surface area contributed by atoms with E-state index in [4.69, 9.17) is 9.47 Å². The molecule has 6 nitrogen and oxygen atoms in total. The van der Waals surface area contributed by atoms with Crippen molar-refractivity contribution in [2.45, 2.75) is 38.1 Å². The fraction of sp³-hybridized carbons (Fsp3) is 0.667. The molecule has 1 N–H and O–H groups in total. The molecule has 2 aliphatic heterocycles. The standard InChI is InChI=1S/C21H31N3O3/c1-23-9-11-24(12-10-23)18(14-22-21(25)16-5-3-2-4-6-16)17-7-8-19-20(13-17)27-15-26-19/h7-8,13,16,18H,2-6,9-12,14-15H2,1H3,(H,22,25)/t18-/m1/s1. The highest BCUT2D eigenvalue weighted by Gasteiger charge is 2.28. The van der Waals surface area contributed by atoms with Crippen molar-refractivity contribution in [2.24, 2.45) is 5.92 Å². The molecule has 1 amide bonds. The van der Waals surface area contributed by atoms with Gasteiger partial charge in [-0.2, -0.15) is 0 Å². The topological polar surface area (TPSA) is 54.0 Å². The van der Waals surface area contributed by atoms with Crippen LogP contribution in [0.1, 0.15) is 43.7 Å². The number of carbonyl (C=O) groups excluding carboxylic acids is 1. The SMILES string of the molecule is CN1CCN([C@H](CNC(=O)C2CCCCC2)c2ccc3c(c2)OCO3)CC1. The van der Waals surface area contributed by atoms with Crippen LogP contribution in [0.3, 0.4) is 0 Å². The number of benzene rings is 1. The number of nitrogens with zero attached hydrogens (tertiary/aromatic N) is 2. The number of hydrogen-bond donors (Lipinski definition) is 1. The number of amides is 1. The molecule has 1 aliphatic carbocycles. The second kappa shape index (κ2) is 8.48. The van der Waals surface area contributed by atoms with E-state index in [1.54, 1.807) is 0 Å². The summed E-state index contributed by atoms with van der Waals surface area (Å²) in [6.45, 7) is 5.06. The molecular weight excluding hydrogens is 342 g/mol. The summed E-state index contributed by atoms with van der Waals surface area (Å²) in [5.74, 6) is 2.05. The zero-order valence-electron chi connectivity index (χ0n) is 16.3. The number of nitrogens with one attached hydrogen (secondary N) is 1. The maximum absolute atomic E-state index is 12.7. The van der Waals surface area contributed by atoms with Gasteiger partial charge in [-0.05, 0) is 37.6 Å². The summed E-state index contributed by atoms with van der Waals surface area (Å²) in [4.78, 5) is 17.5. The minimum absolute atomic E-state index is 0.167. The van der Waals surface area contributed by atoms with Crippen LogP contribution in [0.25, 0.3) is 0 Å². The lowest BCUT2D eigenvalue weighted by Crippen LogP contribution is -2.49. The van der Waals surface area contributed by atoms with Crippen LogP contribution in [0.2, 0.25) is 0 Å². The molecule has 1 aromatic rings. The first-order valence-electron chi connectivity index (χ1n) is 10.3. The van der Waals surface area contributed by atoms with E-state index in [9.17, 15) is 4.79 Å². The Morgan fingerprint density at radius 1 is 1.11 bits per heavy atom. The molecular formula is C21H31N3O3. The normalized spacial score (nSPS) is 22.6. The van der Waals surface area contributed by atoms with Crippen LogP contribution >= 0.6 is 0 Å². The van der Waals surface area contributed by atoms with Gasteiger partial charge in [0.05, 0.1) is 6.04 Å². The predicted molar refractivity (Wildman–Crippen MR) is 104 cm³/mol. The molecule has 1 aromatic carbocycles. The molecule has 2 fully saturated rings. The first-order valence-corrected chi connectivity index (χ1v) is 10.3. The highest BCUT2D eigenvalue weighted by atomic mass is 16.7. The second-order valence-electron chi connectivity index (χ2n) is 8.05. The van der Waals surface area contributed by atoms with Crippen molar-refractivity contribution in [2.75, 3.05) is 46.6 Å². The summed E-state index contributed by atoms with van der Waals surface area (Å²) >= 11 is 0. The van der Waals surface area contributed by atoms with Crippen LogP contribution in [0.15, 0.2) is 18.2 Å². The summed E-state index contributed by atoms with van der Waals surface area (Å²) in [6, 6.07) is 6.35. The van der Waals surface area contributed by atoms with Crippen molar-refractivity contribution >= 4 is 5.91 Å². The zero-order chi connectivity index (χ0) is 18.6. The number of ether oxygens (including phenoxy) is 2. The predicted octanol–water partition coefficient (Wildman–Crippen LogP) is 2.40. The molecule has 1 atom stereocenters. The maximum Gasteiger partial charge on any atom is 0.231 e. The molecule has 3 aliphatic rings. The fourth-order valence-electron chi connectivity index (χ4n) is 4.42. The van der Waals surface area contributed by atoms with Crippen LogP contribution in [-0.4, -0.2) is 62.3 Å². The van der Waals surface area contributed by atoms with Gasteiger partial charge in [0.15, 0.2) is 11.5 Å². The Balaban J connectivity index is 1.46. The van der Waals surface area contributed by atoms with E-state index >= 15 is 0 Å². The quantitative estimate of drug-likeness (QED) is 0.859. The molecule has 1 saturated heterocycles. The van der Waals surface area contributed by atoms with E-state index in [2.05, 4.69) is 34.3 Å². The third-order valence-electron chi connectivity index (χ3n) is 6.21. The van der Waals surface area contributed by atoms with Gasteiger partial charge in [-0.25, -0.2) is 0 Å². The van der Waals surface area contributed by atoms with E-state index in [0.717, 1.165) is 50.5 Å². The highest BCUT2D eigenvalue weighted by molar-refractivity contribution is 5.78. The van der Waals surface area contributed by atoms with Crippen LogP contribution < -0.4 is 14.8 Å². The average molecular weight is 373 g/mol. The molecule has 0 aromatic heterocycles. The van der Waals surface area contributed by atoms with Gasteiger partial charge >= 0.3 is 0 Å². The van der Waals surface area contributed by atoms with E-state index < -0.39 is 0 Å². The molecule has 0 radical (unpaired) electrons. The van der Waals surface area contributed by atoms with Crippen molar-refractivity contribution in [1.82, 2.24) is 15.1 Å². The van der Waals surface area contributed by atoms with Crippen LogP contribution in [0.4, 0.5) is 0 Å². The monoisotopic (exact) mass is 373 g/mol. The Bertz CT molecular complexity index is 652. The lowest BCUT2D eigenvalue weighted by atomic mass is 9.88. The Labute approximate surface area is 161 Å². The van der Waals surface area contributed by atoms with Crippen molar-refractivity contribution in [3.05, 3.63) is 23.8 Å². The Morgan fingerprint density at radius 2 is 1.85 bits per heavy atom. The fourth-order valence-corrected chi connectivity index (χ4v) is 4.42. The molecule has 27 heavy (non-hydrogen) atoms. The first-order chi connectivity index (χ1) is 13.2. The third kappa shape index (κ3) is 4.38. The molecule has 0 spiro atoms. The van der Waals surface area contributed by atoms with Gasteiger partial charge in [-0.3, -0.25) is 9.69 Å². The van der Waals surface area contributed by atoms with Crippen LogP contribution in [0, 0.1) is 5.92 Å². The summed E-state index contributed by atoms with van der Waals surface area (Å²) in [7, 11) is 2.16. The number of piperazine rings is 1. The van der Waals surface area contributed by atoms with Crippen molar-refractivity contribution in [3.63, 3.8) is 0 Å². The average Bonchev–Trinajstić information content (AvgIpc) is 3.18. The van der Waals surface area contributed by atoms with E-state index in [1.165, 1.54) is 24.8 Å². The second-order valence-corrected chi connectivity index (χ2v) is 8.05. The Hall–Kier alpha value is -1.79. The van der Waals surface area contributed by atoms with Gasteiger partial charge in [0.25, 0.3) is 0 Å². The third-order valence-corrected chi connectivity index (χ3v) is 6.21. The number of rotatable bonds is 5. The van der Waals surface area contributed by atoms with E-state index in [1.807, 2.05) is 6.07 Å². The molecule has 4 rings (SSSR count). The molecule has 2 heterocycles. The number of carbonyl (C=O) groups is 1. The number of hydrogen-bond acceptors (Lipinski definition) is 5. The smallest absolute Gasteiger partial charge is 0.231 e. The van der Waals surface area contributed by atoms with Crippen molar-refractivity contribution in [1.29, 1.82) is 0 Å². The molecule has 1 saturated carbocycles. The van der Waals surface area contributed by atoms with Gasteiger partial charge in [0.2, 0.25) is 12.7 Å². The zero-order valence-corrected chi connectivity index (χ0v) is 16.3. The van der Waals surface area contributed by atoms with Gasteiger partial charge in [0.1, 0.15) is 0 Å². The van der Waals surface area contributed by atoms with Gasteiger partial charge in [-0.15, -0.1) is 0 Å². The minimum atomic E-state index is 0.167. The Morgan fingerprint density at radius 3 is 2.63 bits per heavy atom. The Kier molecular flexibility index (Phi) is 5.83. The molecule has 0 unspecified atom stereocenters. The lowest BCUT2D eigenvalue weighted by molar-refractivity contribution is -0.126. The molecule has 0 bridgehead atoms. The summed E-state index contributed by atoms with van der Waals surface area (Å²) in [5.41, 5.74) is 1.19. The highest BCUT2D eigenvalue weighted by Crippen LogP contribution is 2.35. The number of likely N-dealkylation sites (N-methyl/N-ethyl adjacent to an activating group) is 1. The summed E-state index contributed by atoms with van der Waals surface area (Å²) in [6.07, 6.45) is 5.71. The summed E-state index contributed by atoms with van der Waals surface area (Å²) < 4.78 is 11.0. The van der Waals surface area contributed by atoms with Crippen molar-refractivity contribution < 1.29 is 14.3 Å². The largest absolute Gasteiger partial charge is 0.454 e. The molecule has 148 valence electrons. The molecule has 6 heteroatoms. The minimum Gasteiger partial charge on any atom is -0.454 e. The van der Waals surface area contributed by atoms with Gasteiger partial charge in [-0.1, -0.05) is 25.3 Å². The number of fused-ring (bicyclic) bond motifs is 1. The van der Waals surface area contributed by atoms with E-state index in [-0.39, 0.29) is 24.7 Å². The van der Waals surface area contributed by atoms with Gasteiger partial charge in [0, 0.05) is 38.6 Å². The van der Waals surface area contributed by atoms with Gasteiger partial charge < -0.3 is 19.7 Å². The first kappa shape index (κ1) is 18.6. The van der Waals surface area contributed by atoms with E-state index in [0.29, 0.717) is 6.54 Å². The van der Waals surface area contributed by atoms with Crippen LogP contribution in [-0.2, 0) is 4.79 Å². The summed E-state index contributed by atoms with van der Waals surface area (Å²) in [5, 5.41) is 3.26. The van der Waals surface area contributed by atoms with Crippen molar-refractivity contribution in [3.8, 4) is 11.5 Å². The van der Waals surface area contributed by atoms with Crippen LogP contribution in [0.5, 0.6) is 11.5 Å². The maximum atomic E-state index is 12.7. The lowest BCUT2D eigenvalue weighted by Gasteiger charge is -2.38.